The third-order valence-corrected chi connectivity index (χ3v) is 8.53. The van der Waals surface area contributed by atoms with Crippen molar-refractivity contribution < 1.29 is 19.1 Å². The van der Waals surface area contributed by atoms with Crippen molar-refractivity contribution in [3.05, 3.63) is 64.4 Å². The van der Waals surface area contributed by atoms with Crippen LogP contribution in [0.1, 0.15) is 48.6 Å². The summed E-state index contributed by atoms with van der Waals surface area (Å²) < 4.78 is 7.35. The molecular weight excluding hydrogens is 602 g/mol. The molecule has 1 unspecified atom stereocenters. The quantitative estimate of drug-likeness (QED) is 0.224. The summed E-state index contributed by atoms with van der Waals surface area (Å²) in [6, 6.07) is 8.53. The summed E-state index contributed by atoms with van der Waals surface area (Å²) in [6.07, 6.45) is 4.88. The van der Waals surface area contributed by atoms with Crippen LogP contribution in [0.5, 0.6) is 0 Å². The minimum Gasteiger partial charge on any atom is -0.380 e. The Morgan fingerprint density at radius 1 is 1.12 bits per heavy atom. The molecule has 1 aliphatic carbocycles. The summed E-state index contributed by atoms with van der Waals surface area (Å²) in [6.45, 7) is 5.66. The molecule has 6 rings (SSSR count). The second-order valence-electron chi connectivity index (χ2n) is 11.3. The van der Waals surface area contributed by atoms with Gasteiger partial charge in [-0.05, 0) is 76.5 Å². The second-order valence-corrected chi connectivity index (χ2v) is 12.1. The van der Waals surface area contributed by atoms with Crippen molar-refractivity contribution in [3.63, 3.8) is 0 Å². The maximum Gasteiger partial charge on any atom is 0.248 e. The van der Waals surface area contributed by atoms with Crippen molar-refractivity contribution in [1.82, 2.24) is 29.6 Å². The van der Waals surface area contributed by atoms with Crippen LogP contribution in [0.2, 0.25) is 0 Å². The highest BCUT2D eigenvalue weighted by molar-refractivity contribution is 9.10. The number of hydrogen-bond donors (Lipinski definition) is 1. The Morgan fingerprint density at radius 2 is 1.88 bits per heavy atom. The lowest BCUT2D eigenvalue weighted by Gasteiger charge is -2.27. The molecule has 42 heavy (non-hydrogen) atoms. The minimum atomic E-state index is -0.643. The summed E-state index contributed by atoms with van der Waals surface area (Å²) in [5.74, 6) is 0.342. The number of fused-ring (bicyclic) bond motifs is 2. The molecule has 216 valence electrons. The Kier molecular flexibility index (Phi) is 7.14. The topological polar surface area (TPSA) is 132 Å². The average molecular weight is 633 g/mol. The number of piperidine rings is 1. The highest BCUT2D eigenvalue weighted by Gasteiger charge is 2.64. The van der Waals surface area contributed by atoms with Gasteiger partial charge in [0.1, 0.15) is 34.5 Å². The standard InChI is InChI=1S/C30H30BrN7O4/c1-16(39)28-21-9-19(20-12-32-17(2)33-13-20)5-6-22(21)37(36-28)14-27(40)38-23(10-30(3)11-24(30)38)29(41)35-26-8-18(15-42-4)7-25(31)34-26/h5-9,12-13,23-24H,10-11,14-15H2,1-4H3,(H,34,35,41)/t23-,24?,30-/m0/s1. The van der Waals surface area contributed by atoms with E-state index < -0.39 is 6.04 Å². The molecule has 0 spiro atoms. The van der Waals surface area contributed by atoms with Gasteiger partial charge in [-0.25, -0.2) is 15.0 Å². The Labute approximate surface area is 250 Å². The molecule has 3 aromatic heterocycles. The van der Waals surface area contributed by atoms with E-state index in [0.29, 0.717) is 40.2 Å². The van der Waals surface area contributed by atoms with Gasteiger partial charge in [-0.15, -0.1) is 0 Å². The number of carbonyl (C=O) groups is 3. The number of Topliss-reactive ketones (excluding diaryl/α,β-unsaturated/α-hetero) is 1. The first-order valence-corrected chi connectivity index (χ1v) is 14.4. The van der Waals surface area contributed by atoms with Crippen molar-refractivity contribution in [2.24, 2.45) is 5.41 Å². The van der Waals surface area contributed by atoms with Gasteiger partial charge in [-0.1, -0.05) is 13.0 Å². The molecule has 1 saturated carbocycles. The largest absolute Gasteiger partial charge is 0.380 e. The van der Waals surface area contributed by atoms with Gasteiger partial charge >= 0.3 is 0 Å². The highest BCUT2D eigenvalue weighted by Crippen LogP contribution is 2.59. The molecule has 4 heterocycles. The van der Waals surface area contributed by atoms with Crippen LogP contribution in [0.25, 0.3) is 22.0 Å². The van der Waals surface area contributed by atoms with E-state index in [9.17, 15) is 14.4 Å². The lowest BCUT2D eigenvalue weighted by atomic mass is 10.0. The lowest BCUT2D eigenvalue weighted by Crippen LogP contribution is -2.46. The molecule has 2 amide bonds. The molecule has 1 aromatic carbocycles. The number of rotatable bonds is 8. The highest BCUT2D eigenvalue weighted by atomic mass is 79.9. The second kappa shape index (κ2) is 10.7. The first kappa shape index (κ1) is 28.1. The Balaban J connectivity index is 1.27. The van der Waals surface area contributed by atoms with E-state index in [-0.39, 0.29) is 41.3 Å². The van der Waals surface area contributed by atoms with Crippen LogP contribution in [-0.4, -0.2) is 66.4 Å². The van der Waals surface area contributed by atoms with Gasteiger partial charge in [0.15, 0.2) is 5.78 Å². The number of ketones is 1. The first-order chi connectivity index (χ1) is 20.1. The van der Waals surface area contributed by atoms with Crippen molar-refractivity contribution in [2.75, 3.05) is 12.4 Å². The Hall–Kier alpha value is -4.03. The Morgan fingerprint density at radius 3 is 2.60 bits per heavy atom. The molecule has 4 aromatic rings. The molecule has 2 fully saturated rings. The fourth-order valence-electron chi connectivity index (χ4n) is 5.92. The predicted molar refractivity (Wildman–Crippen MR) is 159 cm³/mol. The number of aryl methyl sites for hydroxylation is 1. The number of carbonyl (C=O) groups excluding carboxylic acids is 3. The monoisotopic (exact) mass is 631 g/mol. The molecule has 0 radical (unpaired) electrons. The number of halogens is 1. The van der Waals surface area contributed by atoms with E-state index in [1.807, 2.05) is 31.2 Å². The fourth-order valence-corrected chi connectivity index (χ4v) is 6.41. The van der Waals surface area contributed by atoms with Gasteiger partial charge < -0.3 is 15.0 Å². The smallest absolute Gasteiger partial charge is 0.248 e. The SMILES string of the molecule is COCc1cc(Br)nc(NC(=O)[C@@H]2C[C@@]3(C)CC3N2C(=O)Cn2nc(C(C)=O)c3cc(-c4cnc(C)nc4)ccc32)c1. The van der Waals surface area contributed by atoms with Gasteiger partial charge in [0, 0.05) is 43.4 Å². The van der Waals surface area contributed by atoms with Gasteiger partial charge in [0.25, 0.3) is 0 Å². The van der Waals surface area contributed by atoms with Crippen molar-refractivity contribution >= 4 is 50.2 Å². The van der Waals surface area contributed by atoms with Crippen LogP contribution in [0.4, 0.5) is 5.82 Å². The van der Waals surface area contributed by atoms with E-state index in [0.717, 1.165) is 23.1 Å². The molecule has 1 saturated heterocycles. The van der Waals surface area contributed by atoms with E-state index in [2.05, 4.69) is 48.2 Å². The number of benzene rings is 1. The number of pyridine rings is 1. The number of nitrogens with one attached hydrogen (secondary N) is 1. The van der Waals surface area contributed by atoms with Gasteiger partial charge in [0.05, 0.1) is 12.1 Å². The molecule has 3 atom stereocenters. The number of hydrogen-bond acceptors (Lipinski definition) is 8. The summed E-state index contributed by atoms with van der Waals surface area (Å²) in [7, 11) is 1.60. The van der Waals surface area contributed by atoms with Gasteiger partial charge in [0.2, 0.25) is 11.8 Å². The maximum atomic E-state index is 13.8. The number of ether oxygens (including phenoxy) is 1. The van der Waals surface area contributed by atoms with Crippen LogP contribution < -0.4 is 5.32 Å². The molecule has 11 nitrogen and oxygen atoms in total. The molecular formula is C30H30BrN7O4. The Bertz CT molecular complexity index is 1740. The summed E-state index contributed by atoms with van der Waals surface area (Å²) >= 11 is 3.38. The summed E-state index contributed by atoms with van der Waals surface area (Å²) in [4.78, 5) is 54.5. The molecule has 12 heteroatoms. The normalized spacial score (nSPS) is 20.9. The number of likely N-dealkylation sites (tertiary alicyclic amines) is 1. The lowest BCUT2D eigenvalue weighted by molar-refractivity contribution is -0.138. The number of amides is 2. The van der Waals surface area contributed by atoms with E-state index >= 15 is 0 Å². The number of methoxy groups -OCH3 is 1. The van der Waals surface area contributed by atoms with Gasteiger partial charge in [-0.2, -0.15) is 5.10 Å². The van der Waals surface area contributed by atoms with E-state index in [1.54, 1.807) is 35.2 Å². The van der Waals surface area contributed by atoms with Crippen LogP contribution in [0, 0.1) is 12.3 Å². The number of nitrogens with zero attached hydrogens (tertiary/aromatic N) is 6. The van der Waals surface area contributed by atoms with Crippen LogP contribution in [0.15, 0.2) is 47.3 Å². The average Bonchev–Trinajstić information content (AvgIpc) is 3.30. The van der Waals surface area contributed by atoms with Crippen molar-refractivity contribution in [2.45, 2.75) is 58.8 Å². The minimum absolute atomic E-state index is 0.0254. The fraction of sp³-hybridized carbons (Fsp3) is 0.367. The molecule has 2 aliphatic rings. The third kappa shape index (κ3) is 5.20. The molecule has 1 N–H and O–H groups in total. The number of anilines is 1. The summed E-state index contributed by atoms with van der Waals surface area (Å²) in [5, 5.41) is 8.08. The molecule has 0 bridgehead atoms. The zero-order valence-electron chi connectivity index (χ0n) is 23.7. The van der Waals surface area contributed by atoms with Gasteiger partial charge in [-0.3, -0.25) is 19.1 Å². The zero-order chi connectivity index (χ0) is 29.8. The zero-order valence-corrected chi connectivity index (χ0v) is 25.3. The summed E-state index contributed by atoms with van der Waals surface area (Å²) in [5.41, 5.74) is 3.35. The van der Waals surface area contributed by atoms with E-state index in [1.165, 1.54) is 6.92 Å². The van der Waals surface area contributed by atoms with Crippen molar-refractivity contribution in [1.29, 1.82) is 0 Å². The number of aromatic nitrogens is 5. The van der Waals surface area contributed by atoms with E-state index in [4.69, 9.17) is 4.74 Å². The van der Waals surface area contributed by atoms with Crippen LogP contribution in [0.3, 0.4) is 0 Å². The predicted octanol–water partition coefficient (Wildman–Crippen LogP) is 4.33. The maximum absolute atomic E-state index is 13.8. The van der Waals surface area contributed by atoms with Crippen LogP contribution >= 0.6 is 15.9 Å². The van der Waals surface area contributed by atoms with Crippen molar-refractivity contribution in [3.8, 4) is 11.1 Å². The van der Waals surface area contributed by atoms with Crippen LogP contribution in [-0.2, 0) is 27.5 Å². The first-order valence-electron chi connectivity index (χ1n) is 13.6. The molecule has 1 aliphatic heterocycles. The third-order valence-electron chi connectivity index (χ3n) is 8.13.